The van der Waals surface area contributed by atoms with Gasteiger partial charge in [0, 0.05) is 26.2 Å². The fraction of sp³-hybridized carbons (Fsp3) is 0.375. The second-order valence-corrected chi connectivity index (χ2v) is 5.62. The van der Waals surface area contributed by atoms with E-state index in [4.69, 9.17) is 4.74 Å². The average molecular weight is 347 g/mol. The first-order valence-corrected chi connectivity index (χ1v) is 7.94. The number of halogens is 1. The first-order valence-electron chi connectivity index (χ1n) is 7.94. The molecule has 1 aromatic carbocycles. The summed E-state index contributed by atoms with van der Waals surface area (Å²) >= 11 is 0. The number of carbonyl (C=O) groups excluding carboxylic acids is 2. The maximum absolute atomic E-state index is 12.9. The topological polar surface area (TPSA) is 91.4 Å². The molecule has 25 heavy (non-hydrogen) atoms. The molecule has 2 heterocycles. The van der Waals surface area contributed by atoms with Crippen molar-refractivity contribution >= 4 is 11.8 Å². The second-order valence-electron chi connectivity index (χ2n) is 5.62. The fourth-order valence-corrected chi connectivity index (χ4v) is 2.60. The number of hydrogen-bond acceptors (Lipinski definition) is 5. The molecule has 0 saturated carbocycles. The van der Waals surface area contributed by atoms with Gasteiger partial charge in [0.2, 0.25) is 0 Å². The molecule has 0 unspecified atom stereocenters. The Morgan fingerprint density at radius 1 is 1.12 bits per heavy atom. The highest BCUT2D eigenvalue weighted by molar-refractivity contribution is 5.92. The Balaban J connectivity index is 1.51. The third kappa shape index (κ3) is 4.31. The van der Waals surface area contributed by atoms with Crippen LogP contribution < -0.4 is 4.74 Å². The van der Waals surface area contributed by atoms with Gasteiger partial charge in [-0.1, -0.05) is 0 Å². The molecule has 8 nitrogen and oxygen atoms in total. The van der Waals surface area contributed by atoms with Crippen molar-refractivity contribution in [2.24, 2.45) is 0 Å². The first-order chi connectivity index (χ1) is 12.1. The number of ether oxygens (including phenoxy) is 1. The number of amides is 2. The lowest BCUT2D eigenvalue weighted by atomic mass is 10.3. The molecule has 1 aliphatic heterocycles. The summed E-state index contributed by atoms with van der Waals surface area (Å²) in [6.45, 7) is 1.83. The number of H-pyrrole nitrogens is 1. The molecule has 1 fully saturated rings. The van der Waals surface area contributed by atoms with E-state index < -0.39 is 0 Å². The molecule has 1 aliphatic rings. The Labute approximate surface area is 143 Å². The summed E-state index contributed by atoms with van der Waals surface area (Å²) in [6.07, 6.45) is 2.05. The maximum atomic E-state index is 12.9. The van der Waals surface area contributed by atoms with E-state index >= 15 is 0 Å². The number of carbonyl (C=O) groups is 2. The zero-order chi connectivity index (χ0) is 17.6. The van der Waals surface area contributed by atoms with Gasteiger partial charge in [0.1, 0.15) is 11.6 Å². The summed E-state index contributed by atoms with van der Waals surface area (Å²) in [4.78, 5) is 27.9. The van der Waals surface area contributed by atoms with Crippen molar-refractivity contribution in [1.82, 2.24) is 25.2 Å². The lowest BCUT2D eigenvalue weighted by Gasteiger charge is -2.21. The Bertz CT molecular complexity index is 720. The number of nitrogens with one attached hydrogen (secondary N) is 1. The predicted molar refractivity (Wildman–Crippen MR) is 85.4 cm³/mol. The SMILES string of the molecule is O=C(COc1ccc(F)cc1)N1CCCN(C(=O)c2cn[nH]n2)CC1. The number of rotatable bonds is 4. The number of aromatic amines is 1. The van der Waals surface area contributed by atoms with Crippen LogP contribution in [-0.2, 0) is 4.79 Å². The second kappa shape index (κ2) is 7.73. The van der Waals surface area contributed by atoms with Crippen LogP contribution in [0.5, 0.6) is 5.75 Å². The van der Waals surface area contributed by atoms with Gasteiger partial charge in [0.15, 0.2) is 12.3 Å². The Hall–Kier alpha value is -2.97. The van der Waals surface area contributed by atoms with Gasteiger partial charge in [0.25, 0.3) is 11.8 Å². The molecule has 0 radical (unpaired) electrons. The van der Waals surface area contributed by atoms with Crippen molar-refractivity contribution in [3.05, 3.63) is 42.0 Å². The van der Waals surface area contributed by atoms with Crippen LogP contribution >= 0.6 is 0 Å². The van der Waals surface area contributed by atoms with Gasteiger partial charge < -0.3 is 14.5 Å². The van der Waals surface area contributed by atoms with Gasteiger partial charge in [-0.3, -0.25) is 9.59 Å². The summed E-state index contributed by atoms with van der Waals surface area (Å²) in [5.41, 5.74) is 0.263. The van der Waals surface area contributed by atoms with Crippen molar-refractivity contribution in [3.8, 4) is 5.75 Å². The van der Waals surface area contributed by atoms with Gasteiger partial charge >= 0.3 is 0 Å². The molecule has 2 amide bonds. The van der Waals surface area contributed by atoms with Crippen LogP contribution in [0.25, 0.3) is 0 Å². The Morgan fingerprint density at radius 3 is 2.56 bits per heavy atom. The number of benzene rings is 1. The van der Waals surface area contributed by atoms with Gasteiger partial charge in [-0.2, -0.15) is 15.4 Å². The molecule has 1 N–H and O–H groups in total. The first kappa shape index (κ1) is 16.9. The molecular weight excluding hydrogens is 329 g/mol. The smallest absolute Gasteiger partial charge is 0.276 e. The van der Waals surface area contributed by atoms with Crippen LogP contribution in [0, 0.1) is 5.82 Å². The molecule has 3 rings (SSSR count). The van der Waals surface area contributed by atoms with E-state index in [0.29, 0.717) is 38.3 Å². The van der Waals surface area contributed by atoms with Crippen LogP contribution in [-0.4, -0.2) is 69.8 Å². The van der Waals surface area contributed by atoms with Gasteiger partial charge in [0.05, 0.1) is 6.20 Å². The summed E-state index contributed by atoms with van der Waals surface area (Å²) in [5, 5.41) is 9.84. The molecule has 0 atom stereocenters. The minimum absolute atomic E-state index is 0.122. The molecule has 0 bridgehead atoms. The minimum atomic E-state index is -0.358. The average Bonchev–Trinajstić information content (AvgIpc) is 3.05. The standard InChI is InChI=1S/C16H18FN5O3/c17-12-2-4-13(5-3-12)25-11-15(23)21-6-1-7-22(9-8-21)16(24)14-10-18-20-19-14/h2-5,10H,1,6-9,11H2,(H,18,19,20). The lowest BCUT2D eigenvalue weighted by molar-refractivity contribution is -0.133. The fourth-order valence-electron chi connectivity index (χ4n) is 2.60. The van der Waals surface area contributed by atoms with E-state index in [0.717, 1.165) is 0 Å². The van der Waals surface area contributed by atoms with E-state index in [9.17, 15) is 14.0 Å². The molecule has 132 valence electrons. The van der Waals surface area contributed by atoms with Crippen molar-refractivity contribution in [2.75, 3.05) is 32.8 Å². The van der Waals surface area contributed by atoms with Crippen LogP contribution in [0.3, 0.4) is 0 Å². The number of hydrogen-bond donors (Lipinski definition) is 1. The van der Waals surface area contributed by atoms with Gasteiger partial charge in [-0.05, 0) is 30.7 Å². The van der Waals surface area contributed by atoms with E-state index in [1.807, 2.05) is 0 Å². The van der Waals surface area contributed by atoms with E-state index in [1.165, 1.54) is 30.5 Å². The quantitative estimate of drug-likeness (QED) is 0.879. The summed E-state index contributed by atoms with van der Waals surface area (Å²) in [6, 6.07) is 5.50. The van der Waals surface area contributed by atoms with Gasteiger partial charge in [-0.25, -0.2) is 4.39 Å². The van der Waals surface area contributed by atoms with E-state index in [1.54, 1.807) is 9.80 Å². The van der Waals surface area contributed by atoms with E-state index in [-0.39, 0.29) is 29.9 Å². The van der Waals surface area contributed by atoms with Gasteiger partial charge in [-0.15, -0.1) is 0 Å². The normalized spacial score (nSPS) is 14.9. The molecule has 0 aliphatic carbocycles. The Morgan fingerprint density at radius 2 is 1.84 bits per heavy atom. The van der Waals surface area contributed by atoms with Crippen molar-refractivity contribution in [1.29, 1.82) is 0 Å². The number of nitrogens with zero attached hydrogens (tertiary/aromatic N) is 4. The molecule has 2 aromatic rings. The zero-order valence-corrected chi connectivity index (χ0v) is 13.5. The molecular formula is C16H18FN5O3. The maximum Gasteiger partial charge on any atom is 0.276 e. The largest absolute Gasteiger partial charge is 0.484 e. The third-order valence-corrected chi connectivity index (χ3v) is 3.95. The minimum Gasteiger partial charge on any atom is -0.484 e. The monoisotopic (exact) mass is 347 g/mol. The highest BCUT2D eigenvalue weighted by Gasteiger charge is 2.24. The van der Waals surface area contributed by atoms with Crippen molar-refractivity contribution < 1.29 is 18.7 Å². The summed E-state index contributed by atoms with van der Waals surface area (Å²) in [5.74, 6) is -0.291. The molecule has 1 saturated heterocycles. The van der Waals surface area contributed by atoms with Crippen LogP contribution in [0.2, 0.25) is 0 Å². The van der Waals surface area contributed by atoms with Crippen molar-refractivity contribution in [2.45, 2.75) is 6.42 Å². The van der Waals surface area contributed by atoms with Crippen LogP contribution in [0.4, 0.5) is 4.39 Å². The van der Waals surface area contributed by atoms with Crippen LogP contribution in [0.15, 0.2) is 30.5 Å². The highest BCUT2D eigenvalue weighted by atomic mass is 19.1. The third-order valence-electron chi connectivity index (χ3n) is 3.95. The molecule has 9 heteroatoms. The zero-order valence-electron chi connectivity index (χ0n) is 13.5. The summed E-state index contributed by atoms with van der Waals surface area (Å²) < 4.78 is 18.2. The van der Waals surface area contributed by atoms with Crippen LogP contribution in [0.1, 0.15) is 16.9 Å². The highest BCUT2D eigenvalue weighted by Crippen LogP contribution is 2.12. The molecule has 0 spiro atoms. The Kier molecular flexibility index (Phi) is 5.22. The summed E-state index contributed by atoms with van der Waals surface area (Å²) in [7, 11) is 0. The number of aromatic nitrogens is 3. The van der Waals surface area contributed by atoms with E-state index in [2.05, 4.69) is 15.4 Å². The predicted octanol–water partition coefficient (Wildman–Crippen LogP) is 0.697. The lowest BCUT2D eigenvalue weighted by Crippen LogP contribution is -2.39. The van der Waals surface area contributed by atoms with Crippen molar-refractivity contribution in [3.63, 3.8) is 0 Å². The molecule has 1 aromatic heterocycles.